The lowest BCUT2D eigenvalue weighted by atomic mass is 10.2. The van der Waals surface area contributed by atoms with Crippen molar-refractivity contribution in [3.05, 3.63) is 18.2 Å². The number of rotatable bonds is 1. The lowest BCUT2D eigenvalue weighted by Crippen LogP contribution is -1.88. The number of fused-ring (bicyclic) bond motifs is 1. The fourth-order valence-corrected chi connectivity index (χ4v) is 2.18. The van der Waals surface area contributed by atoms with E-state index in [1.54, 1.807) is 7.11 Å². The van der Waals surface area contributed by atoms with E-state index in [4.69, 9.17) is 16.2 Å². The van der Waals surface area contributed by atoms with Crippen molar-refractivity contribution < 1.29 is 4.74 Å². The Morgan fingerprint density at radius 1 is 1.31 bits per heavy atom. The summed E-state index contributed by atoms with van der Waals surface area (Å²) >= 11 is 1.53. The summed E-state index contributed by atoms with van der Waals surface area (Å²) in [6, 6.07) is 5.68. The number of nitrogen functional groups attached to an aromatic ring is 2. The van der Waals surface area contributed by atoms with E-state index in [1.807, 2.05) is 18.2 Å². The van der Waals surface area contributed by atoms with E-state index >= 15 is 0 Å². The number of ether oxygens (including phenoxy) is 1. The minimum atomic E-state index is 0.676. The molecule has 0 bridgehead atoms. The maximum absolute atomic E-state index is 5.85. The highest BCUT2D eigenvalue weighted by Gasteiger charge is 2.08. The predicted octanol–water partition coefficient (Wildman–Crippen LogP) is 2.07. The third-order valence-corrected chi connectivity index (χ3v) is 3.05. The summed E-state index contributed by atoms with van der Waals surface area (Å²) < 4.78 is 6.22. The summed E-state index contributed by atoms with van der Waals surface area (Å²) in [7, 11) is 1.62. The molecule has 0 unspecified atom stereocenters. The van der Waals surface area contributed by atoms with Gasteiger partial charge in [-0.2, -0.15) is 0 Å². The first-order valence-corrected chi connectivity index (χ1v) is 4.65. The molecule has 0 saturated heterocycles. The molecule has 0 aliphatic heterocycles. The largest absolute Gasteiger partial charge is 0.486 e. The van der Waals surface area contributed by atoms with Crippen LogP contribution in [0.2, 0.25) is 0 Å². The highest BCUT2D eigenvalue weighted by atomic mass is 32.1. The zero-order chi connectivity index (χ0) is 9.42. The molecule has 2 rings (SSSR count). The molecular weight excluding hydrogens is 184 g/mol. The van der Waals surface area contributed by atoms with Gasteiger partial charge >= 0.3 is 0 Å². The second-order valence-electron chi connectivity index (χ2n) is 2.76. The van der Waals surface area contributed by atoms with Crippen molar-refractivity contribution in [2.24, 2.45) is 0 Å². The van der Waals surface area contributed by atoms with Crippen LogP contribution in [0.5, 0.6) is 5.06 Å². The molecule has 4 heteroatoms. The molecule has 0 atom stereocenters. The Hall–Kier alpha value is -1.42. The van der Waals surface area contributed by atoms with Gasteiger partial charge in [-0.3, -0.25) is 0 Å². The molecule has 3 nitrogen and oxygen atoms in total. The zero-order valence-corrected chi connectivity index (χ0v) is 8.02. The van der Waals surface area contributed by atoms with Gasteiger partial charge in [0, 0.05) is 15.8 Å². The number of nitrogens with two attached hydrogens (primary N) is 2. The Balaban J connectivity index is 2.77. The average molecular weight is 194 g/mol. The van der Waals surface area contributed by atoms with Crippen molar-refractivity contribution in [1.29, 1.82) is 0 Å². The number of thiophene rings is 1. The number of hydrogen-bond acceptors (Lipinski definition) is 4. The molecule has 0 aliphatic carbocycles. The molecule has 13 heavy (non-hydrogen) atoms. The van der Waals surface area contributed by atoms with Gasteiger partial charge in [-0.05, 0) is 18.2 Å². The third-order valence-electron chi connectivity index (χ3n) is 1.90. The fourth-order valence-electron chi connectivity index (χ4n) is 1.26. The fraction of sp³-hybridized carbons (Fsp3) is 0.111. The molecule has 1 aromatic heterocycles. The van der Waals surface area contributed by atoms with Crippen molar-refractivity contribution in [1.82, 2.24) is 0 Å². The number of methoxy groups -OCH3 is 1. The average Bonchev–Trinajstić information content (AvgIpc) is 2.44. The van der Waals surface area contributed by atoms with Crippen molar-refractivity contribution >= 4 is 32.8 Å². The molecule has 0 amide bonds. The molecule has 0 spiro atoms. The molecule has 0 radical (unpaired) electrons. The van der Waals surface area contributed by atoms with E-state index in [-0.39, 0.29) is 0 Å². The summed E-state index contributed by atoms with van der Waals surface area (Å²) in [5.41, 5.74) is 12.9. The maximum Gasteiger partial charge on any atom is 0.198 e. The van der Waals surface area contributed by atoms with Gasteiger partial charge in [0.15, 0.2) is 5.06 Å². The summed E-state index contributed by atoms with van der Waals surface area (Å²) in [4.78, 5) is 0. The van der Waals surface area contributed by atoms with Gasteiger partial charge < -0.3 is 16.2 Å². The van der Waals surface area contributed by atoms with Gasteiger partial charge in [-0.1, -0.05) is 11.3 Å². The van der Waals surface area contributed by atoms with Crippen LogP contribution in [0.3, 0.4) is 0 Å². The van der Waals surface area contributed by atoms with Crippen LogP contribution in [-0.2, 0) is 0 Å². The van der Waals surface area contributed by atoms with E-state index in [0.717, 1.165) is 20.8 Å². The van der Waals surface area contributed by atoms with E-state index < -0.39 is 0 Å². The highest BCUT2D eigenvalue weighted by molar-refractivity contribution is 7.21. The summed E-state index contributed by atoms with van der Waals surface area (Å²) in [5.74, 6) is 0. The second-order valence-corrected chi connectivity index (χ2v) is 3.78. The quantitative estimate of drug-likeness (QED) is 0.683. The van der Waals surface area contributed by atoms with Crippen LogP contribution < -0.4 is 16.2 Å². The summed E-state index contributed by atoms with van der Waals surface area (Å²) in [6.45, 7) is 0. The van der Waals surface area contributed by atoms with Crippen LogP contribution in [0.15, 0.2) is 18.2 Å². The number of anilines is 2. The van der Waals surface area contributed by atoms with Crippen molar-refractivity contribution in [3.8, 4) is 5.06 Å². The molecule has 1 heterocycles. The maximum atomic E-state index is 5.85. The topological polar surface area (TPSA) is 61.3 Å². The van der Waals surface area contributed by atoms with E-state index in [9.17, 15) is 0 Å². The normalized spacial score (nSPS) is 10.5. The smallest absolute Gasteiger partial charge is 0.198 e. The van der Waals surface area contributed by atoms with Crippen LogP contribution in [0.4, 0.5) is 11.4 Å². The summed E-state index contributed by atoms with van der Waals surface area (Å²) in [5, 5.41) is 1.72. The van der Waals surface area contributed by atoms with Gasteiger partial charge in [-0.15, -0.1) is 0 Å². The van der Waals surface area contributed by atoms with Gasteiger partial charge in [0.2, 0.25) is 0 Å². The Kier molecular flexibility index (Phi) is 1.77. The van der Waals surface area contributed by atoms with Crippen molar-refractivity contribution in [2.75, 3.05) is 18.6 Å². The number of hydrogen-bond donors (Lipinski definition) is 2. The van der Waals surface area contributed by atoms with E-state index in [0.29, 0.717) is 5.69 Å². The monoisotopic (exact) mass is 194 g/mol. The molecule has 1 aromatic carbocycles. The lowest BCUT2D eigenvalue weighted by molar-refractivity contribution is 0.429. The van der Waals surface area contributed by atoms with Crippen molar-refractivity contribution in [3.63, 3.8) is 0 Å². The summed E-state index contributed by atoms with van der Waals surface area (Å²) in [6.07, 6.45) is 0. The van der Waals surface area contributed by atoms with Crippen LogP contribution in [0, 0.1) is 0 Å². The van der Waals surface area contributed by atoms with Gasteiger partial charge in [0.25, 0.3) is 0 Å². The second kappa shape index (κ2) is 2.81. The third kappa shape index (κ3) is 1.19. The highest BCUT2D eigenvalue weighted by Crippen LogP contribution is 2.40. The van der Waals surface area contributed by atoms with Gasteiger partial charge in [-0.25, -0.2) is 0 Å². The van der Waals surface area contributed by atoms with Crippen LogP contribution >= 0.6 is 11.3 Å². The minimum absolute atomic E-state index is 0.676. The molecule has 4 N–H and O–H groups in total. The molecular formula is C9H10N2OS. The lowest BCUT2D eigenvalue weighted by Gasteiger charge is -1.95. The zero-order valence-electron chi connectivity index (χ0n) is 7.20. The van der Waals surface area contributed by atoms with Gasteiger partial charge in [0.05, 0.1) is 12.8 Å². The Bertz CT molecular complexity index is 450. The standard InChI is InChI=1S/C9H10N2OS/c1-12-9-8(11)6-4-5(10)2-3-7(6)13-9/h2-4H,10-11H2,1H3. The van der Waals surface area contributed by atoms with Gasteiger partial charge in [0.1, 0.15) is 0 Å². The molecule has 0 aliphatic rings. The molecule has 0 fully saturated rings. The van der Waals surface area contributed by atoms with E-state index in [2.05, 4.69) is 0 Å². The van der Waals surface area contributed by atoms with Crippen LogP contribution in [-0.4, -0.2) is 7.11 Å². The van der Waals surface area contributed by atoms with Crippen molar-refractivity contribution in [2.45, 2.75) is 0 Å². The first kappa shape index (κ1) is 8.19. The molecule has 68 valence electrons. The SMILES string of the molecule is COc1sc2ccc(N)cc2c1N. The molecule has 0 saturated carbocycles. The first-order valence-electron chi connectivity index (χ1n) is 3.84. The van der Waals surface area contributed by atoms with E-state index in [1.165, 1.54) is 11.3 Å². The van der Waals surface area contributed by atoms with Crippen LogP contribution in [0.1, 0.15) is 0 Å². The number of benzene rings is 1. The Morgan fingerprint density at radius 2 is 2.08 bits per heavy atom. The minimum Gasteiger partial charge on any atom is -0.486 e. The Labute approximate surface area is 79.9 Å². The van der Waals surface area contributed by atoms with Crippen LogP contribution in [0.25, 0.3) is 10.1 Å². The molecule has 2 aromatic rings. The Morgan fingerprint density at radius 3 is 2.77 bits per heavy atom. The first-order chi connectivity index (χ1) is 6.22. The predicted molar refractivity (Wildman–Crippen MR) is 57.2 cm³/mol.